The largest absolute Gasteiger partial charge is 0.378 e. The first-order chi connectivity index (χ1) is 9.94. The Morgan fingerprint density at radius 2 is 2.10 bits per heavy atom. The van der Waals surface area contributed by atoms with Gasteiger partial charge in [-0.15, -0.1) is 0 Å². The van der Waals surface area contributed by atoms with Crippen molar-refractivity contribution >= 4 is 10.0 Å². The molecule has 0 bridgehead atoms. The SMILES string of the molecule is CC(C)OC[C@@H]1CCC[C@@]12CN(S(=O)(=O)C1CC1)CCO2. The molecule has 2 saturated carbocycles. The van der Waals surface area contributed by atoms with E-state index in [9.17, 15) is 8.42 Å². The van der Waals surface area contributed by atoms with Crippen LogP contribution in [0.4, 0.5) is 0 Å². The molecule has 1 spiro atoms. The van der Waals surface area contributed by atoms with E-state index in [0.717, 1.165) is 32.1 Å². The maximum absolute atomic E-state index is 12.5. The van der Waals surface area contributed by atoms with Crippen LogP contribution in [-0.2, 0) is 19.5 Å². The maximum atomic E-state index is 12.5. The summed E-state index contributed by atoms with van der Waals surface area (Å²) in [6.45, 7) is 6.30. The zero-order valence-electron chi connectivity index (χ0n) is 13.1. The summed E-state index contributed by atoms with van der Waals surface area (Å²) in [5, 5.41) is -0.126. The van der Waals surface area contributed by atoms with Crippen LogP contribution in [0.15, 0.2) is 0 Å². The van der Waals surface area contributed by atoms with E-state index in [1.54, 1.807) is 4.31 Å². The molecule has 0 unspecified atom stereocenters. The van der Waals surface area contributed by atoms with Crippen LogP contribution < -0.4 is 0 Å². The standard InChI is InChI=1S/C15H27NO4S/c1-12(2)19-10-13-4-3-7-15(13)11-16(8-9-20-15)21(17,18)14-5-6-14/h12-14H,3-11H2,1-2H3/t13-,15+/m0/s1. The lowest BCUT2D eigenvalue weighted by atomic mass is 9.90. The molecule has 0 N–H and O–H groups in total. The third-order valence-electron chi connectivity index (χ3n) is 5.01. The number of hydrogen-bond acceptors (Lipinski definition) is 4. The van der Waals surface area contributed by atoms with Crippen LogP contribution in [0.2, 0.25) is 0 Å². The van der Waals surface area contributed by atoms with E-state index in [1.807, 2.05) is 13.8 Å². The van der Waals surface area contributed by atoms with E-state index < -0.39 is 10.0 Å². The summed E-state index contributed by atoms with van der Waals surface area (Å²) in [5.74, 6) is 0.317. The number of rotatable bonds is 5. The minimum Gasteiger partial charge on any atom is -0.378 e. The molecule has 0 aromatic heterocycles. The van der Waals surface area contributed by atoms with Crippen molar-refractivity contribution in [1.29, 1.82) is 0 Å². The first-order valence-electron chi connectivity index (χ1n) is 8.18. The second-order valence-electron chi connectivity index (χ2n) is 6.96. The van der Waals surface area contributed by atoms with Gasteiger partial charge < -0.3 is 9.47 Å². The van der Waals surface area contributed by atoms with Crippen LogP contribution in [0, 0.1) is 5.92 Å². The molecule has 1 saturated heterocycles. The fourth-order valence-electron chi connectivity index (χ4n) is 3.62. The summed E-state index contributed by atoms with van der Waals surface area (Å²) in [6, 6.07) is 0. The van der Waals surface area contributed by atoms with Gasteiger partial charge in [0, 0.05) is 19.0 Å². The van der Waals surface area contributed by atoms with Gasteiger partial charge in [0.2, 0.25) is 10.0 Å². The molecule has 2 atom stereocenters. The van der Waals surface area contributed by atoms with E-state index in [4.69, 9.17) is 9.47 Å². The van der Waals surface area contributed by atoms with E-state index >= 15 is 0 Å². The summed E-state index contributed by atoms with van der Waals surface area (Å²) in [7, 11) is -3.09. The Morgan fingerprint density at radius 3 is 2.76 bits per heavy atom. The van der Waals surface area contributed by atoms with Crippen LogP contribution in [0.1, 0.15) is 46.0 Å². The molecule has 0 amide bonds. The molecule has 1 heterocycles. The Balaban J connectivity index is 1.71. The van der Waals surface area contributed by atoms with Gasteiger partial charge in [-0.05, 0) is 39.5 Å². The molecular weight excluding hydrogens is 290 g/mol. The second kappa shape index (κ2) is 5.80. The van der Waals surface area contributed by atoms with Crippen molar-refractivity contribution in [3.8, 4) is 0 Å². The van der Waals surface area contributed by atoms with E-state index in [-0.39, 0.29) is 17.0 Å². The number of hydrogen-bond donors (Lipinski definition) is 0. The predicted octanol–water partition coefficient (Wildman–Crippen LogP) is 1.77. The van der Waals surface area contributed by atoms with Gasteiger partial charge in [-0.25, -0.2) is 8.42 Å². The fraction of sp³-hybridized carbons (Fsp3) is 1.00. The zero-order chi connectivity index (χ0) is 15.1. The molecular formula is C15H27NO4S. The Morgan fingerprint density at radius 1 is 1.33 bits per heavy atom. The van der Waals surface area contributed by atoms with Crippen LogP contribution in [0.5, 0.6) is 0 Å². The highest BCUT2D eigenvalue weighted by atomic mass is 32.2. The van der Waals surface area contributed by atoms with Gasteiger partial charge in [0.25, 0.3) is 0 Å². The summed E-state index contributed by atoms with van der Waals surface area (Å²) >= 11 is 0. The molecule has 3 aliphatic rings. The number of sulfonamides is 1. The molecule has 21 heavy (non-hydrogen) atoms. The Hall–Kier alpha value is -0.170. The lowest BCUT2D eigenvalue weighted by Gasteiger charge is -2.43. The van der Waals surface area contributed by atoms with Crippen LogP contribution in [0.25, 0.3) is 0 Å². The molecule has 0 aromatic rings. The monoisotopic (exact) mass is 317 g/mol. The molecule has 0 aromatic carbocycles. The third-order valence-corrected chi connectivity index (χ3v) is 7.35. The minimum atomic E-state index is -3.09. The minimum absolute atomic E-state index is 0.126. The average Bonchev–Trinajstić information content (AvgIpc) is 3.22. The highest BCUT2D eigenvalue weighted by Crippen LogP contribution is 2.43. The van der Waals surface area contributed by atoms with Gasteiger partial charge >= 0.3 is 0 Å². The first-order valence-corrected chi connectivity index (χ1v) is 9.69. The van der Waals surface area contributed by atoms with Gasteiger partial charge in [0.1, 0.15) is 0 Å². The normalized spacial score (nSPS) is 34.9. The van der Waals surface area contributed by atoms with E-state index in [1.165, 1.54) is 0 Å². The molecule has 0 radical (unpaired) electrons. The number of ether oxygens (including phenoxy) is 2. The summed E-state index contributed by atoms with van der Waals surface area (Å²) in [6.07, 6.45) is 4.99. The highest BCUT2D eigenvalue weighted by molar-refractivity contribution is 7.90. The molecule has 3 rings (SSSR count). The Labute approximate surface area is 128 Å². The number of morpholine rings is 1. The maximum Gasteiger partial charge on any atom is 0.217 e. The zero-order valence-corrected chi connectivity index (χ0v) is 13.9. The lowest BCUT2D eigenvalue weighted by Crippen LogP contribution is -2.56. The van der Waals surface area contributed by atoms with E-state index in [0.29, 0.717) is 32.2 Å². The van der Waals surface area contributed by atoms with Gasteiger partial charge in [0.15, 0.2) is 0 Å². The van der Waals surface area contributed by atoms with Gasteiger partial charge in [-0.1, -0.05) is 6.42 Å². The topological polar surface area (TPSA) is 55.8 Å². The van der Waals surface area contributed by atoms with Crippen LogP contribution in [0.3, 0.4) is 0 Å². The van der Waals surface area contributed by atoms with Crippen molar-refractivity contribution in [2.24, 2.45) is 5.92 Å². The average molecular weight is 317 g/mol. The second-order valence-corrected chi connectivity index (χ2v) is 9.18. The van der Waals surface area contributed by atoms with Crippen molar-refractivity contribution in [2.45, 2.75) is 62.9 Å². The highest BCUT2D eigenvalue weighted by Gasteiger charge is 2.51. The van der Waals surface area contributed by atoms with Crippen molar-refractivity contribution in [3.05, 3.63) is 0 Å². The summed E-state index contributed by atoms with van der Waals surface area (Å²) < 4.78 is 38.6. The fourth-order valence-corrected chi connectivity index (χ4v) is 5.51. The lowest BCUT2D eigenvalue weighted by molar-refractivity contribution is -0.129. The first kappa shape index (κ1) is 15.7. The van der Waals surface area contributed by atoms with Crippen LogP contribution in [-0.4, -0.2) is 56.0 Å². The van der Waals surface area contributed by atoms with E-state index in [2.05, 4.69) is 0 Å². The van der Waals surface area contributed by atoms with Crippen LogP contribution >= 0.6 is 0 Å². The third kappa shape index (κ3) is 3.14. The van der Waals surface area contributed by atoms with Crippen molar-refractivity contribution in [3.63, 3.8) is 0 Å². The predicted molar refractivity (Wildman–Crippen MR) is 80.6 cm³/mol. The quantitative estimate of drug-likeness (QED) is 0.775. The molecule has 1 aliphatic heterocycles. The van der Waals surface area contributed by atoms with Crippen molar-refractivity contribution in [1.82, 2.24) is 4.31 Å². The summed E-state index contributed by atoms with van der Waals surface area (Å²) in [5.41, 5.74) is -0.310. The van der Waals surface area contributed by atoms with Crippen molar-refractivity contribution in [2.75, 3.05) is 26.3 Å². The molecule has 5 nitrogen and oxygen atoms in total. The number of nitrogens with zero attached hydrogens (tertiary/aromatic N) is 1. The Kier molecular flexibility index (Phi) is 4.34. The Bertz CT molecular complexity index is 474. The van der Waals surface area contributed by atoms with Gasteiger partial charge in [-0.2, -0.15) is 4.31 Å². The molecule has 6 heteroatoms. The van der Waals surface area contributed by atoms with Crippen molar-refractivity contribution < 1.29 is 17.9 Å². The smallest absolute Gasteiger partial charge is 0.217 e. The van der Waals surface area contributed by atoms with Gasteiger partial charge in [0.05, 0.1) is 30.2 Å². The molecule has 122 valence electrons. The molecule has 2 aliphatic carbocycles. The van der Waals surface area contributed by atoms with Gasteiger partial charge in [-0.3, -0.25) is 0 Å². The molecule has 3 fully saturated rings. The summed E-state index contributed by atoms with van der Waals surface area (Å²) in [4.78, 5) is 0.